The van der Waals surface area contributed by atoms with E-state index in [0.717, 1.165) is 17.7 Å². The lowest BCUT2D eigenvalue weighted by Crippen LogP contribution is -2.13. The van der Waals surface area contributed by atoms with Gasteiger partial charge in [0.25, 0.3) is 0 Å². The SMILES string of the molecule is CCC(c1cccc(OC)c1)C(C)O. The highest BCUT2D eigenvalue weighted by Crippen LogP contribution is 2.26. The van der Waals surface area contributed by atoms with Crippen molar-refractivity contribution in [3.63, 3.8) is 0 Å². The van der Waals surface area contributed by atoms with Gasteiger partial charge in [0.05, 0.1) is 13.2 Å². The molecule has 0 aliphatic rings. The predicted molar refractivity (Wildman–Crippen MR) is 57.7 cm³/mol. The van der Waals surface area contributed by atoms with Crippen LogP contribution in [0.5, 0.6) is 5.75 Å². The Morgan fingerprint density at radius 1 is 1.43 bits per heavy atom. The second kappa shape index (κ2) is 5.01. The molecule has 78 valence electrons. The summed E-state index contributed by atoms with van der Waals surface area (Å²) in [4.78, 5) is 0. The van der Waals surface area contributed by atoms with Crippen molar-refractivity contribution in [2.24, 2.45) is 0 Å². The normalized spacial score (nSPS) is 14.9. The summed E-state index contributed by atoms with van der Waals surface area (Å²) >= 11 is 0. The third kappa shape index (κ3) is 2.48. The fraction of sp³-hybridized carbons (Fsp3) is 0.500. The van der Waals surface area contributed by atoms with Gasteiger partial charge in [-0.05, 0) is 31.0 Å². The van der Waals surface area contributed by atoms with E-state index >= 15 is 0 Å². The first-order valence-corrected chi connectivity index (χ1v) is 5.01. The minimum Gasteiger partial charge on any atom is -0.497 e. The van der Waals surface area contributed by atoms with Crippen LogP contribution in [0, 0.1) is 0 Å². The van der Waals surface area contributed by atoms with Gasteiger partial charge in [-0.1, -0.05) is 19.1 Å². The van der Waals surface area contributed by atoms with Crippen molar-refractivity contribution in [3.05, 3.63) is 29.8 Å². The Morgan fingerprint density at radius 2 is 2.14 bits per heavy atom. The van der Waals surface area contributed by atoms with Crippen molar-refractivity contribution in [1.82, 2.24) is 0 Å². The number of aliphatic hydroxyl groups is 1. The average Bonchev–Trinajstić information content (AvgIpc) is 2.19. The molecule has 2 heteroatoms. The lowest BCUT2D eigenvalue weighted by molar-refractivity contribution is 0.159. The van der Waals surface area contributed by atoms with Crippen LogP contribution in [0.15, 0.2) is 24.3 Å². The number of methoxy groups -OCH3 is 1. The Kier molecular flexibility index (Phi) is 3.96. The summed E-state index contributed by atoms with van der Waals surface area (Å²) in [7, 11) is 1.66. The molecule has 0 amide bonds. The van der Waals surface area contributed by atoms with Gasteiger partial charge < -0.3 is 9.84 Å². The van der Waals surface area contributed by atoms with E-state index < -0.39 is 0 Å². The van der Waals surface area contributed by atoms with Crippen LogP contribution in [-0.2, 0) is 0 Å². The second-order valence-corrected chi connectivity index (χ2v) is 3.53. The molecule has 0 saturated carbocycles. The van der Waals surface area contributed by atoms with Gasteiger partial charge in [-0.3, -0.25) is 0 Å². The molecule has 0 bridgehead atoms. The molecule has 0 heterocycles. The van der Waals surface area contributed by atoms with Crippen molar-refractivity contribution >= 4 is 0 Å². The highest BCUT2D eigenvalue weighted by atomic mass is 16.5. The summed E-state index contributed by atoms with van der Waals surface area (Å²) in [6, 6.07) is 7.89. The molecule has 0 aromatic heterocycles. The summed E-state index contributed by atoms with van der Waals surface area (Å²) in [6.07, 6.45) is 0.622. The number of hydrogen-bond acceptors (Lipinski definition) is 2. The molecule has 1 aromatic carbocycles. The number of ether oxygens (including phenoxy) is 1. The third-order valence-corrected chi connectivity index (χ3v) is 2.54. The van der Waals surface area contributed by atoms with Gasteiger partial charge >= 0.3 is 0 Å². The molecule has 0 spiro atoms. The average molecular weight is 194 g/mol. The lowest BCUT2D eigenvalue weighted by Gasteiger charge is -2.18. The molecule has 0 saturated heterocycles. The first-order chi connectivity index (χ1) is 6.69. The molecule has 0 fully saturated rings. The lowest BCUT2D eigenvalue weighted by atomic mass is 9.92. The van der Waals surface area contributed by atoms with Gasteiger partial charge in [0.1, 0.15) is 5.75 Å². The Labute approximate surface area is 85.5 Å². The maximum atomic E-state index is 9.59. The largest absolute Gasteiger partial charge is 0.497 e. The zero-order valence-corrected chi connectivity index (χ0v) is 9.03. The summed E-state index contributed by atoms with van der Waals surface area (Å²) in [5.41, 5.74) is 1.14. The number of benzene rings is 1. The van der Waals surface area contributed by atoms with Crippen molar-refractivity contribution in [3.8, 4) is 5.75 Å². The monoisotopic (exact) mass is 194 g/mol. The highest BCUT2D eigenvalue weighted by molar-refractivity contribution is 5.31. The van der Waals surface area contributed by atoms with Gasteiger partial charge in [-0.25, -0.2) is 0 Å². The van der Waals surface area contributed by atoms with Crippen LogP contribution in [-0.4, -0.2) is 18.3 Å². The molecular formula is C12H18O2. The van der Waals surface area contributed by atoms with Gasteiger partial charge in [0.2, 0.25) is 0 Å². The van der Waals surface area contributed by atoms with Gasteiger partial charge in [-0.2, -0.15) is 0 Å². The van der Waals surface area contributed by atoms with E-state index in [-0.39, 0.29) is 12.0 Å². The smallest absolute Gasteiger partial charge is 0.119 e. The minimum absolute atomic E-state index is 0.199. The Bertz CT molecular complexity index is 281. The van der Waals surface area contributed by atoms with Crippen molar-refractivity contribution in [1.29, 1.82) is 0 Å². The molecule has 0 aliphatic heterocycles. The van der Waals surface area contributed by atoms with Crippen LogP contribution in [0.25, 0.3) is 0 Å². The van der Waals surface area contributed by atoms with Crippen molar-refractivity contribution in [2.75, 3.05) is 7.11 Å². The van der Waals surface area contributed by atoms with Gasteiger partial charge in [-0.15, -0.1) is 0 Å². The van der Waals surface area contributed by atoms with E-state index in [0.29, 0.717) is 0 Å². The summed E-state index contributed by atoms with van der Waals surface area (Å²) < 4.78 is 5.15. The van der Waals surface area contributed by atoms with Crippen LogP contribution < -0.4 is 4.74 Å². The van der Waals surface area contributed by atoms with Crippen LogP contribution in [0.2, 0.25) is 0 Å². The van der Waals surface area contributed by atoms with E-state index in [1.165, 1.54) is 0 Å². The van der Waals surface area contributed by atoms with E-state index in [4.69, 9.17) is 4.74 Å². The van der Waals surface area contributed by atoms with Gasteiger partial charge in [0.15, 0.2) is 0 Å². The number of rotatable bonds is 4. The topological polar surface area (TPSA) is 29.5 Å². The van der Waals surface area contributed by atoms with E-state index in [1.54, 1.807) is 7.11 Å². The maximum Gasteiger partial charge on any atom is 0.119 e. The molecule has 14 heavy (non-hydrogen) atoms. The number of hydrogen-bond donors (Lipinski definition) is 1. The molecular weight excluding hydrogens is 176 g/mol. The molecule has 2 nitrogen and oxygen atoms in total. The Hall–Kier alpha value is -1.02. The maximum absolute atomic E-state index is 9.59. The quantitative estimate of drug-likeness (QED) is 0.798. The first kappa shape index (κ1) is 11.1. The zero-order valence-electron chi connectivity index (χ0n) is 9.03. The van der Waals surface area contributed by atoms with Gasteiger partial charge in [0, 0.05) is 5.92 Å². The van der Waals surface area contributed by atoms with Crippen LogP contribution in [0.3, 0.4) is 0 Å². The standard InChI is InChI=1S/C12H18O2/c1-4-12(9(2)13)10-6-5-7-11(8-10)14-3/h5-9,12-13H,4H2,1-3H3. The summed E-state index contributed by atoms with van der Waals surface area (Å²) in [5, 5.41) is 9.59. The minimum atomic E-state index is -0.313. The fourth-order valence-corrected chi connectivity index (χ4v) is 1.73. The second-order valence-electron chi connectivity index (χ2n) is 3.53. The van der Waals surface area contributed by atoms with E-state index in [1.807, 2.05) is 31.2 Å². The molecule has 1 aromatic rings. The molecule has 2 unspecified atom stereocenters. The molecule has 1 N–H and O–H groups in total. The summed E-state index contributed by atoms with van der Waals surface area (Å²) in [6.45, 7) is 3.91. The Morgan fingerprint density at radius 3 is 2.64 bits per heavy atom. The number of aliphatic hydroxyl groups excluding tert-OH is 1. The Balaban J connectivity index is 2.92. The molecule has 0 radical (unpaired) electrons. The third-order valence-electron chi connectivity index (χ3n) is 2.54. The van der Waals surface area contributed by atoms with E-state index in [2.05, 4.69) is 6.92 Å². The van der Waals surface area contributed by atoms with Crippen LogP contribution >= 0.6 is 0 Å². The molecule has 0 aliphatic carbocycles. The van der Waals surface area contributed by atoms with Crippen LogP contribution in [0.1, 0.15) is 31.7 Å². The zero-order chi connectivity index (χ0) is 10.6. The predicted octanol–water partition coefficient (Wildman–Crippen LogP) is 2.57. The first-order valence-electron chi connectivity index (χ1n) is 5.01. The fourth-order valence-electron chi connectivity index (χ4n) is 1.73. The molecule has 1 rings (SSSR count). The van der Waals surface area contributed by atoms with Crippen molar-refractivity contribution < 1.29 is 9.84 Å². The van der Waals surface area contributed by atoms with Crippen LogP contribution in [0.4, 0.5) is 0 Å². The highest BCUT2D eigenvalue weighted by Gasteiger charge is 2.15. The van der Waals surface area contributed by atoms with Crippen molar-refractivity contribution in [2.45, 2.75) is 32.3 Å². The molecule has 2 atom stereocenters. The summed E-state index contributed by atoms with van der Waals surface area (Å²) in [5.74, 6) is 1.05. The van der Waals surface area contributed by atoms with E-state index in [9.17, 15) is 5.11 Å².